The van der Waals surface area contributed by atoms with E-state index in [2.05, 4.69) is 245 Å². The standard InChI is InChI=1S/C64H40N6/c1-39-36-53-46-23-5-3-21-44(46)43-20-2-4-22-45(43)47-24-6-15-35-59(47)70-60-42(29-17-30-52(60)54(37-39)61(53)70)40-18-16-19-41(38-40)62-65-63(68-55-31-11-7-25-48(55)49-26-8-12-32-56(49)68)67-64(66-62)69-57-33-13-9-27-50(57)51-28-10-14-34-58(51)69/h2-38H,1H3. The van der Waals surface area contributed by atoms with Crippen LogP contribution in [0.15, 0.2) is 224 Å². The van der Waals surface area contributed by atoms with Crippen molar-refractivity contribution in [3.63, 3.8) is 0 Å². The smallest absolute Gasteiger partial charge is 0.240 e. The number of rotatable bonds is 4. The van der Waals surface area contributed by atoms with Crippen molar-refractivity contribution >= 4 is 103 Å². The molecular weight excluding hydrogens is 853 g/mol. The van der Waals surface area contributed by atoms with Gasteiger partial charge in [0.2, 0.25) is 11.9 Å². The predicted octanol–water partition coefficient (Wildman–Crippen LogP) is 16.3. The molecule has 5 aromatic heterocycles. The maximum absolute atomic E-state index is 5.44. The molecule has 15 rings (SSSR count). The molecular formula is C64H40N6. The molecule has 0 aliphatic heterocycles. The van der Waals surface area contributed by atoms with Crippen molar-refractivity contribution in [2.45, 2.75) is 6.92 Å². The van der Waals surface area contributed by atoms with E-state index < -0.39 is 0 Å². The monoisotopic (exact) mass is 892 g/mol. The van der Waals surface area contributed by atoms with Crippen molar-refractivity contribution in [2.75, 3.05) is 0 Å². The molecule has 0 saturated heterocycles. The highest BCUT2D eigenvalue weighted by atomic mass is 15.3. The lowest BCUT2D eigenvalue weighted by molar-refractivity contribution is 0.893. The summed E-state index contributed by atoms with van der Waals surface area (Å²) in [5.41, 5.74) is 11.9. The van der Waals surface area contributed by atoms with Gasteiger partial charge in [-0.1, -0.05) is 176 Å². The minimum absolute atomic E-state index is 0.553. The van der Waals surface area contributed by atoms with E-state index in [1.807, 2.05) is 0 Å². The van der Waals surface area contributed by atoms with Crippen LogP contribution in [0, 0.1) is 6.92 Å². The van der Waals surface area contributed by atoms with Gasteiger partial charge in [0.1, 0.15) is 0 Å². The Bertz CT molecular complexity index is 4500. The van der Waals surface area contributed by atoms with Gasteiger partial charge in [0, 0.05) is 54.2 Å². The molecule has 0 unspecified atom stereocenters. The normalized spacial score (nSPS) is 12.1. The van der Waals surface area contributed by atoms with Crippen LogP contribution in [0.5, 0.6) is 0 Å². The summed E-state index contributed by atoms with van der Waals surface area (Å²) < 4.78 is 6.92. The maximum atomic E-state index is 5.44. The Morgan fingerprint density at radius 1 is 0.286 bits per heavy atom. The zero-order valence-electron chi connectivity index (χ0n) is 38.0. The molecule has 6 nitrogen and oxygen atoms in total. The highest BCUT2D eigenvalue weighted by Crippen LogP contribution is 2.43. The van der Waals surface area contributed by atoms with E-state index in [-0.39, 0.29) is 0 Å². The molecule has 0 aliphatic carbocycles. The maximum Gasteiger partial charge on any atom is 0.240 e. The third-order valence-corrected chi connectivity index (χ3v) is 14.5. The van der Waals surface area contributed by atoms with Crippen LogP contribution in [0.1, 0.15) is 5.56 Å². The van der Waals surface area contributed by atoms with Gasteiger partial charge >= 0.3 is 0 Å². The summed E-state index contributed by atoms with van der Waals surface area (Å²) in [6.07, 6.45) is 0. The number of benzene rings is 10. The first kappa shape index (κ1) is 38.7. The molecule has 0 aliphatic rings. The molecule has 10 aromatic carbocycles. The van der Waals surface area contributed by atoms with Crippen molar-refractivity contribution in [3.8, 4) is 34.4 Å². The van der Waals surface area contributed by atoms with Crippen LogP contribution in [0.4, 0.5) is 0 Å². The Morgan fingerprint density at radius 3 is 1.17 bits per heavy atom. The highest BCUT2D eigenvalue weighted by molar-refractivity contribution is 6.26. The lowest BCUT2D eigenvalue weighted by atomic mass is 9.98. The second-order valence-electron chi connectivity index (χ2n) is 18.4. The zero-order valence-corrected chi connectivity index (χ0v) is 38.0. The van der Waals surface area contributed by atoms with Crippen molar-refractivity contribution < 1.29 is 0 Å². The van der Waals surface area contributed by atoms with E-state index in [0.717, 1.165) is 71.3 Å². The first-order valence-electron chi connectivity index (χ1n) is 23.9. The fourth-order valence-electron chi connectivity index (χ4n) is 11.6. The minimum atomic E-state index is 0.553. The van der Waals surface area contributed by atoms with Gasteiger partial charge in [0.15, 0.2) is 5.82 Å². The number of hydrogen-bond donors (Lipinski definition) is 0. The van der Waals surface area contributed by atoms with Gasteiger partial charge in [-0.2, -0.15) is 15.0 Å². The summed E-state index contributed by atoms with van der Waals surface area (Å²) in [5.74, 6) is 1.69. The molecule has 0 bridgehead atoms. The van der Waals surface area contributed by atoms with E-state index in [1.165, 1.54) is 54.2 Å². The molecule has 326 valence electrons. The summed E-state index contributed by atoms with van der Waals surface area (Å²) in [4.78, 5) is 16.3. The van der Waals surface area contributed by atoms with Crippen LogP contribution in [0.3, 0.4) is 0 Å². The van der Waals surface area contributed by atoms with E-state index in [0.29, 0.717) is 17.7 Å². The minimum Gasteiger partial charge on any atom is -0.307 e. The summed E-state index contributed by atoms with van der Waals surface area (Å²) in [6.45, 7) is 2.22. The molecule has 15 aromatic rings. The molecule has 0 radical (unpaired) electrons. The molecule has 0 fully saturated rings. The summed E-state index contributed by atoms with van der Waals surface area (Å²) in [7, 11) is 0. The van der Waals surface area contributed by atoms with Gasteiger partial charge in [0.05, 0.1) is 38.6 Å². The van der Waals surface area contributed by atoms with Gasteiger partial charge in [-0.05, 0) is 88.1 Å². The molecule has 5 heterocycles. The largest absolute Gasteiger partial charge is 0.307 e. The van der Waals surface area contributed by atoms with Crippen molar-refractivity contribution in [2.24, 2.45) is 0 Å². The summed E-state index contributed by atoms with van der Waals surface area (Å²) >= 11 is 0. The molecule has 0 spiro atoms. The van der Waals surface area contributed by atoms with E-state index in [4.69, 9.17) is 15.0 Å². The SMILES string of the molecule is Cc1cc2c3ccccc3c3ccccc3c3ccccc3n3c4c(-c5cccc(-c6nc(-n7c8ccccc8c8ccccc87)nc(-n7c8ccccc8c8ccccc87)n6)c5)cccc4c(c1)c23. The number of fused-ring (bicyclic) bond motifs is 16. The number of aromatic nitrogens is 6. The van der Waals surface area contributed by atoms with Gasteiger partial charge in [-0.25, -0.2) is 0 Å². The Kier molecular flexibility index (Phi) is 8.18. The fraction of sp³-hybridized carbons (Fsp3) is 0.0156. The van der Waals surface area contributed by atoms with Crippen LogP contribution in [-0.2, 0) is 0 Å². The lowest BCUT2D eigenvalue weighted by Gasteiger charge is -2.13. The van der Waals surface area contributed by atoms with Crippen molar-refractivity contribution in [1.82, 2.24) is 28.5 Å². The van der Waals surface area contributed by atoms with Crippen LogP contribution >= 0.6 is 0 Å². The number of aryl methyl sites for hydroxylation is 1. The van der Waals surface area contributed by atoms with Crippen LogP contribution in [0.25, 0.3) is 138 Å². The van der Waals surface area contributed by atoms with Gasteiger partial charge in [0.25, 0.3) is 0 Å². The number of hydrogen-bond acceptors (Lipinski definition) is 3. The first-order chi connectivity index (χ1) is 34.7. The predicted molar refractivity (Wildman–Crippen MR) is 291 cm³/mol. The average Bonchev–Trinajstić information content (AvgIpc) is 4.07. The Hall–Kier alpha value is -9.39. The van der Waals surface area contributed by atoms with Crippen LogP contribution < -0.4 is 0 Å². The second-order valence-corrected chi connectivity index (χ2v) is 18.4. The third-order valence-electron chi connectivity index (χ3n) is 14.5. The molecule has 0 saturated carbocycles. The van der Waals surface area contributed by atoms with E-state index in [1.54, 1.807) is 0 Å². The first-order valence-corrected chi connectivity index (χ1v) is 23.9. The lowest BCUT2D eigenvalue weighted by Crippen LogP contribution is -2.10. The van der Waals surface area contributed by atoms with Gasteiger partial charge < -0.3 is 4.40 Å². The Balaban J connectivity index is 1.05. The highest BCUT2D eigenvalue weighted by Gasteiger charge is 2.22. The summed E-state index contributed by atoms with van der Waals surface area (Å²) in [5, 5.41) is 14.3. The zero-order chi connectivity index (χ0) is 46.0. The molecule has 0 amide bonds. The third kappa shape index (κ3) is 5.53. The van der Waals surface area contributed by atoms with Crippen LogP contribution in [0.2, 0.25) is 0 Å². The van der Waals surface area contributed by atoms with E-state index >= 15 is 0 Å². The van der Waals surface area contributed by atoms with Gasteiger partial charge in [-0.15, -0.1) is 0 Å². The average molecular weight is 893 g/mol. The Morgan fingerprint density at radius 2 is 0.657 bits per heavy atom. The Labute approximate surface area is 401 Å². The fourth-order valence-corrected chi connectivity index (χ4v) is 11.6. The quantitative estimate of drug-likeness (QED) is 0.177. The number of para-hydroxylation sites is 6. The number of nitrogens with zero attached hydrogens (tertiary/aromatic N) is 6. The summed E-state index contributed by atoms with van der Waals surface area (Å²) in [6, 6.07) is 81.0. The van der Waals surface area contributed by atoms with E-state index in [9.17, 15) is 0 Å². The van der Waals surface area contributed by atoms with Crippen molar-refractivity contribution in [3.05, 3.63) is 230 Å². The molecule has 70 heavy (non-hydrogen) atoms. The van der Waals surface area contributed by atoms with Crippen molar-refractivity contribution in [1.29, 1.82) is 0 Å². The molecule has 6 heteroatoms. The van der Waals surface area contributed by atoms with Crippen LogP contribution in [-0.4, -0.2) is 28.5 Å². The molecule has 0 atom stereocenters. The molecule has 0 N–H and O–H groups in total. The van der Waals surface area contributed by atoms with Gasteiger partial charge in [-0.3, -0.25) is 9.13 Å². The topological polar surface area (TPSA) is 52.9 Å². The second kappa shape index (κ2) is 14.8.